The molecule has 0 aromatic heterocycles. The predicted octanol–water partition coefficient (Wildman–Crippen LogP) is 3.53. The van der Waals surface area contributed by atoms with Crippen molar-refractivity contribution < 1.29 is 14.3 Å². The highest BCUT2D eigenvalue weighted by molar-refractivity contribution is 5.75. The van der Waals surface area contributed by atoms with Crippen molar-refractivity contribution in [2.24, 2.45) is 0 Å². The Morgan fingerprint density at radius 3 is 2.56 bits per heavy atom. The number of hydrogen-bond acceptors (Lipinski definition) is 3. The van der Waals surface area contributed by atoms with Crippen molar-refractivity contribution in [2.75, 3.05) is 6.61 Å². The first-order valence-corrected chi connectivity index (χ1v) is 6.51. The summed E-state index contributed by atoms with van der Waals surface area (Å²) < 4.78 is 10.7. The summed E-state index contributed by atoms with van der Waals surface area (Å²) in [5.41, 5.74) is 1.20. The van der Waals surface area contributed by atoms with E-state index in [-0.39, 0.29) is 5.97 Å². The SMILES string of the molecule is CCOC(=O)C(CC)Oc1cccc(C(C)C)c1. The van der Waals surface area contributed by atoms with E-state index in [1.807, 2.05) is 25.1 Å². The predicted molar refractivity (Wildman–Crippen MR) is 71.9 cm³/mol. The minimum atomic E-state index is -0.521. The van der Waals surface area contributed by atoms with Crippen LogP contribution in [0.2, 0.25) is 0 Å². The molecule has 3 heteroatoms. The Kier molecular flexibility index (Phi) is 5.69. The lowest BCUT2D eigenvalue weighted by molar-refractivity contribution is -0.151. The van der Waals surface area contributed by atoms with Crippen LogP contribution in [0, 0.1) is 0 Å². The van der Waals surface area contributed by atoms with Crippen molar-refractivity contribution in [1.29, 1.82) is 0 Å². The Balaban J connectivity index is 2.75. The van der Waals surface area contributed by atoms with Crippen LogP contribution in [0.25, 0.3) is 0 Å². The second-order valence-electron chi connectivity index (χ2n) is 4.49. The highest BCUT2D eigenvalue weighted by Gasteiger charge is 2.19. The molecule has 1 aromatic carbocycles. The molecule has 0 heterocycles. The molecular formula is C15H22O3. The molecule has 0 saturated carbocycles. The third-order valence-electron chi connectivity index (χ3n) is 2.72. The smallest absolute Gasteiger partial charge is 0.347 e. The van der Waals surface area contributed by atoms with Gasteiger partial charge in [0.25, 0.3) is 0 Å². The number of carbonyl (C=O) groups excluding carboxylic acids is 1. The zero-order chi connectivity index (χ0) is 13.5. The van der Waals surface area contributed by atoms with Gasteiger partial charge >= 0.3 is 5.97 Å². The molecule has 0 aliphatic rings. The molecule has 18 heavy (non-hydrogen) atoms. The van der Waals surface area contributed by atoms with E-state index in [1.165, 1.54) is 5.56 Å². The minimum absolute atomic E-state index is 0.296. The number of hydrogen-bond donors (Lipinski definition) is 0. The van der Waals surface area contributed by atoms with E-state index in [1.54, 1.807) is 6.92 Å². The van der Waals surface area contributed by atoms with E-state index in [0.29, 0.717) is 18.9 Å². The van der Waals surface area contributed by atoms with Gasteiger partial charge in [0.05, 0.1) is 6.61 Å². The van der Waals surface area contributed by atoms with Gasteiger partial charge in [0.15, 0.2) is 6.10 Å². The second kappa shape index (κ2) is 7.04. The summed E-state index contributed by atoms with van der Waals surface area (Å²) in [6.07, 6.45) is 0.0810. The zero-order valence-corrected chi connectivity index (χ0v) is 11.6. The molecule has 1 unspecified atom stereocenters. The van der Waals surface area contributed by atoms with Crippen LogP contribution in [0.3, 0.4) is 0 Å². The summed E-state index contributed by atoms with van der Waals surface area (Å²) in [5, 5.41) is 0. The fraction of sp³-hybridized carbons (Fsp3) is 0.533. The topological polar surface area (TPSA) is 35.5 Å². The van der Waals surface area contributed by atoms with Gasteiger partial charge in [-0.15, -0.1) is 0 Å². The first-order chi connectivity index (χ1) is 8.58. The van der Waals surface area contributed by atoms with Gasteiger partial charge in [0.2, 0.25) is 0 Å². The molecule has 0 saturated heterocycles. The maximum Gasteiger partial charge on any atom is 0.347 e. The Morgan fingerprint density at radius 2 is 2.00 bits per heavy atom. The van der Waals surface area contributed by atoms with E-state index in [2.05, 4.69) is 19.9 Å². The van der Waals surface area contributed by atoms with Crippen molar-refractivity contribution >= 4 is 5.97 Å². The lowest BCUT2D eigenvalue weighted by Crippen LogP contribution is -2.28. The van der Waals surface area contributed by atoms with Crippen LogP contribution < -0.4 is 4.74 Å². The Hall–Kier alpha value is -1.51. The van der Waals surface area contributed by atoms with Gasteiger partial charge in [-0.2, -0.15) is 0 Å². The average molecular weight is 250 g/mol. The molecule has 0 radical (unpaired) electrons. The van der Waals surface area contributed by atoms with Gasteiger partial charge < -0.3 is 9.47 Å². The molecule has 0 fully saturated rings. The fourth-order valence-electron chi connectivity index (χ4n) is 1.64. The number of ether oxygens (including phenoxy) is 2. The Labute approximate surface area is 109 Å². The molecule has 1 rings (SSSR count). The van der Waals surface area contributed by atoms with E-state index >= 15 is 0 Å². The quantitative estimate of drug-likeness (QED) is 0.724. The third-order valence-corrected chi connectivity index (χ3v) is 2.72. The standard InChI is InChI=1S/C15H22O3/c1-5-14(15(16)17-6-2)18-13-9-7-8-12(10-13)11(3)4/h7-11,14H,5-6H2,1-4H3. The van der Waals surface area contributed by atoms with Crippen molar-refractivity contribution in [2.45, 2.75) is 46.1 Å². The molecule has 0 spiro atoms. The van der Waals surface area contributed by atoms with E-state index in [0.717, 1.165) is 5.75 Å². The molecule has 0 aliphatic carbocycles. The molecule has 0 aliphatic heterocycles. The summed E-state index contributed by atoms with van der Waals surface area (Å²) in [6.45, 7) is 8.34. The van der Waals surface area contributed by atoms with Crippen LogP contribution in [-0.4, -0.2) is 18.7 Å². The van der Waals surface area contributed by atoms with Crippen molar-refractivity contribution in [1.82, 2.24) is 0 Å². The minimum Gasteiger partial charge on any atom is -0.479 e. The van der Waals surface area contributed by atoms with Crippen molar-refractivity contribution in [3.63, 3.8) is 0 Å². The summed E-state index contributed by atoms with van der Waals surface area (Å²) in [4.78, 5) is 11.7. The van der Waals surface area contributed by atoms with Gasteiger partial charge in [-0.1, -0.05) is 32.9 Å². The Morgan fingerprint density at radius 1 is 1.28 bits per heavy atom. The van der Waals surface area contributed by atoms with Crippen molar-refractivity contribution in [3.8, 4) is 5.75 Å². The number of carbonyl (C=O) groups is 1. The molecular weight excluding hydrogens is 228 g/mol. The first kappa shape index (κ1) is 14.6. The highest BCUT2D eigenvalue weighted by Crippen LogP contribution is 2.21. The second-order valence-corrected chi connectivity index (χ2v) is 4.49. The lowest BCUT2D eigenvalue weighted by atomic mass is 10.0. The van der Waals surface area contributed by atoms with Crippen LogP contribution in [0.5, 0.6) is 5.75 Å². The maximum atomic E-state index is 11.7. The largest absolute Gasteiger partial charge is 0.479 e. The van der Waals surface area contributed by atoms with Gasteiger partial charge in [0.1, 0.15) is 5.75 Å². The van der Waals surface area contributed by atoms with Gasteiger partial charge in [-0.25, -0.2) is 4.79 Å². The molecule has 0 N–H and O–H groups in total. The van der Waals surface area contributed by atoms with Crippen molar-refractivity contribution in [3.05, 3.63) is 29.8 Å². The molecule has 1 aromatic rings. The van der Waals surface area contributed by atoms with Crippen LogP contribution in [0.15, 0.2) is 24.3 Å². The Bertz CT molecular complexity index is 385. The van der Waals surface area contributed by atoms with Crippen LogP contribution >= 0.6 is 0 Å². The molecule has 0 amide bonds. The summed E-state index contributed by atoms with van der Waals surface area (Å²) in [7, 11) is 0. The average Bonchev–Trinajstić information content (AvgIpc) is 2.36. The van der Waals surface area contributed by atoms with Crippen LogP contribution in [0.4, 0.5) is 0 Å². The van der Waals surface area contributed by atoms with Gasteiger partial charge in [-0.3, -0.25) is 0 Å². The highest BCUT2D eigenvalue weighted by atomic mass is 16.6. The van der Waals surface area contributed by atoms with E-state index < -0.39 is 6.10 Å². The number of esters is 1. The summed E-state index contributed by atoms with van der Waals surface area (Å²) >= 11 is 0. The fourth-order valence-corrected chi connectivity index (χ4v) is 1.64. The van der Waals surface area contributed by atoms with E-state index in [9.17, 15) is 4.79 Å². The monoisotopic (exact) mass is 250 g/mol. The van der Waals surface area contributed by atoms with Crippen LogP contribution in [-0.2, 0) is 9.53 Å². The van der Waals surface area contributed by atoms with Gasteiger partial charge in [0, 0.05) is 0 Å². The first-order valence-electron chi connectivity index (χ1n) is 6.51. The summed E-state index contributed by atoms with van der Waals surface area (Å²) in [6, 6.07) is 7.85. The van der Waals surface area contributed by atoms with Gasteiger partial charge in [-0.05, 0) is 37.0 Å². The lowest BCUT2D eigenvalue weighted by Gasteiger charge is -2.17. The number of benzene rings is 1. The molecule has 100 valence electrons. The third kappa shape index (κ3) is 4.06. The number of rotatable bonds is 6. The zero-order valence-electron chi connectivity index (χ0n) is 11.6. The molecule has 0 bridgehead atoms. The molecule has 1 atom stereocenters. The van der Waals surface area contributed by atoms with E-state index in [4.69, 9.17) is 9.47 Å². The maximum absolute atomic E-state index is 11.7. The summed E-state index contributed by atoms with van der Waals surface area (Å²) in [5.74, 6) is 0.868. The normalized spacial score (nSPS) is 12.3. The molecule has 3 nitrogen and oxygen atoms in total. The van der Waals surface area contributed by atoms with Crippen LogP contribution in [0.1, 0.15) is 45.6 Å².